The summed E-state index contributed by atoms with van der Waals surface area (Å²) in [5, 5.41) is 3.44. The van der Waals surface area contributed by atoms with Gasteiger partial charge in [-0.05, 0) is 43.5 Å². The molecule has 2 aromatic carbocycles. The van der Waals surface area contributed by atoms with Crippen LogP contribution in [0.1, 0.15) is 44.6 Å². The summed E-state index contributed by atoms with van der Waals surface area (Å²) in [6.45, 7) is 0.929. The quantitative estimate of drug-likeness (QED) is 0.536. The maximum absolute atomic E-state index is 14.5. The van der Waals surface area contributed by atoms with Gasteiger partial charge in [0.25, 0.3) is 0 Å². The van der Waals surface area contributed by atoms with Gasteiger partial charge in [-0.25, -0.2) is 12.8 Å². The van der Waals surface area contributed by atoms with E-state index >= 15 is 0 Å². The van der Waals surface area contributed by atoms with Crippen LogP contribution < -0.4 is 9.62 Å². The third-order valence-electron chi connectivity index (χ3n) is 6.22. The highest BCUT2D eigenvalue weighted by atomic mass is 35.5. The molecular formula is C25H31ClFN3O4S. The number of halogens is 2. The lowest BCUT2D eigenvalue weighted by atomic mass is 9.95. The maximum Gasteiger partial charge on any atom is 0.244 e. The van der Waals surface area contributed by atoms with Crippen LogP contribution in [0.4, 0.5) is 10.1 Å². The van der Waals surface area contributed by atoms with Crippen LogP contribution in [-0.4, -0.2) is 50.0 Å². The number of nitrogens with one attached hydrogen (secondary N) is 1. The largest absolute Gasteiger partial charge is 0.352 e. The number of hydrogen-bond acceptors (Lipinski definition) is 4. The van der Waals surface area contributed by atoms with Crippen molar-refractivity contribution < 1.29 is 22.4 Å². The highest BCUT2D eigenvalue weighted by Gasteiger charge is 2.32. The Morgan fingerprint density at radius 2 is 1.71 bits per heavy atom. The summed E-state index contributed by atoms with van der Waals surface area (Å²) in [7, 11) is -4.00. The van der Waals surface area contributed by atoms with Crippen LogP contribution in [0.2, 0.25) is 5.02 Å². The van der Waals surface area contributed by atoms with E-state index in [9.17, 15) is 22.4 Å². The molecule has 10 heteroatoms. The molecule has 2 aromatic rings. The summed E-state index contributed by atoms with van der Waals surface area (Å²) in [5.74, 6) is -1.74. The van der Waals surface area contributed by atoms with E-state index < -0.39 is 34.3 Å². The summed E-state index contributed by atoms with van der Waals surface area (Å²) in [5.41, 5.74) is 0.372. The SMILES string of the molecule is C[C@H](C(=O)NC1CCCCC1)N(Cc1ccccc1Cl)C(=O)CN(c1ccccc1F)S(C)(=O)=O. The number of nitrogens with zero attached hydrogens (tertiary/aromatic N) is 2. The third kappa shape index (κ3) is 7.18. The molecule has 1 fully saturated rings. The van der Waals surface area contributed by atoms with Gasteiger partial charge in [-0.15, -0.1) is 0 Å². The number of amides is 2. The second kappa shape index (κ2) is 11.9. The first-order chi connectivity index (χ1) is 16.6. The van der Waals surface area contributed by atoms with Crippen molar-refractivity contribution in [2.24, 2.45) is 0 Å². The predicted molar refractivity (Wildman–Crippen MR) is 135 cm³/mol. The molecule has 1 aliphatic rings. The summed E-state index contributed by atoms with van der Waals surface area (Å²) in [4.78, 5) is 27.9. The summed E-state index contributed by atoms with van der Waals surface area (Å²) in [6, 6.07) is 11.4. The highest BCUT2D eigenvalue weighted by Crippen LogP contribution is 2.24. The molecule has 1 aliphatic carbocycles. The zero-order chi connectivity index (χ0) is 25.6. The second-order valence-corrected chi connectivity index (χ2v) is 11.2. The van der Waals surface area contributed by atoms with Gasteiger partial charge in [0, 0.05) is 17.6 Å². The maximum atomic E-state index is 14.5. The Morgan fingerprint density at radius 1 is 1.09 bits per heavy atom. The van der Waals surface area contributed by atoms with E-state index in [1.165, 1.54) is 23.1 Å². The molecule has 0 saturated heterocycles. The van der Waals surface area contributed by atoms with Crippen molar-refractivity contribution in [2.75, 3.05) is 17.1 Å². The van der Waals surface area contributed by atoms with Gasteiger partial charge in [-0.2, -0.15) is 0 Å². The fraction of sp³-hybridized carbons (Fsp3) is 0.440. The van der Waals surface area contributed by atoms with Gasteiger partial charge < -0.3 is 10.2 Å². The number of benzene rings is 2. The fourth-order valence-electron chi connectivity index (χ4n) is 4.21. The van der Waals surface area contributed by atoms with Crippen molar-refractivity contribution in [3.63, 3.8) is 0 Å². The average Bonchev–Trinajstić information content (AvgIpc) is 2.82. The van der Waals surface area contributed by atoms with E-state index in [0.717, 1.165) is 48.7 Å². The normalized spacial score (nSPS) is 15.3. The molecule has 0 heterocycles. The van der Waals surface area contributed by atoms with Gasteiger partial charge in [0.1, 0.15) is 18.4 Å². The van der Waals surface area contributed by atoms with Crippen molar-refractivity contribution in [1.29, 1.82) is 0 Å². The Hall–Kier alpha value is -2.65. The molecule has 0 spiro atoms. The summed E-state index contributed by atoms with van der Waals surface area (Å²) >= 11 is 6.31. The van der Waals surface area contributed by atoms with Crippen LogP contribution in [0, 0.1) is 5.82 Å². The topological polar surface area (TPSA) is 86.8 Å². The molecule has 0 bridgehead atoms. The Kier molecular flexibility index (Phi) is 9.13. The first kappa shape index (κ1) is 26.9. The Labute approximate surface area is 211 Å². The Balaban J connectivity index is 1.89. The first-order valence-corrected chi connectivity index (χ1v) is 13.9. The molecule has 0 radical (unpaired) electrons. The van der Waals surface area contributed by atoms with Crippen molar-refractivity contribution in [3.8, 4) is 0 Å². The van der Waals surface area contributed by atoms with E-state index in [0.29, 0.717) is 10.6 Å². The molecule has 0 unspecified atom stereocenters. The number of hydrogen-bond donors (Lipinski definition) is 1. The number of rotatable bonds is 9. The monoisotopic (exact) mass is 523 g/mol. The van der Waals surface area contributed by atoms with E-state index in [2.05, 4.69) is 5.32 Å². The van der Waals surface area contributed by atoms with Crippen LogP contribution in [0.25, 0.3) is 0 Å². The van der Waals surface area contributed by atoms with Crippen LogP contribution in [0.3, 0.4) is 0 Å². The van der Waals surface area contributed by atoms with Gasteiger partial charge in [0.15, 0.2) is 0 Å². The molecular weight excluding hydrogens is 493 g/mol. The number of sulfonamides is 1. The molecule has 2 amide bonds. The van der Waals surface area contributed by atoms with E-state index in [-0.39, 0.29) is 24.2 Å². The number of anilines is 1. The lowest BCUT2D eigenvalue weighted by molar-refractivity contribution is -0.139. The van der Waals surface area contributed by atoms with Gasteiger partial charge >= 0.3 is 0 Å². The standard InChI is InChI=1S/C25H31ClFN3O4S/c1-18(25(32)28-20-11-4-3-5-12-20)29(16-19-10-6-7-13-21(19)26)24(31)17-30(35(2,33)34)23-15-9-8-14-22(23)27/h6-10,13-15,18,20H,3-5,11-12,16-17H2,1-2H3,(H,28,32)/t18-/m1/s1. The minimum Gasteiger partial charge on any atom is -0.352 e. The smallest absolute Gasteiger partial charge is 0.244 e. The van der Waals surface area contributed by atoms with E-state index in [4.69, 9.17) is 11.6 Å². The molecule has 35 heavy (non-hydrogen) atoms. The molecule has 0 aromatic heterocycles. The van der Waals surface area contributed by atoms with Crippen LogP contribution in [0.5, 0.6) is 0 Å². The molecule has 1 N–H and O–H groups in total. The zero-order valence-electron chi connectivity index (χ0n) is 19.9. The average molecular weight is 524 g/mol. The van der Waals surface area contributed by atoms with Crippen molar-refractivity contribution >= 4 is 39.1 Å². The van der Waals surface area contributed by atoms with Crippen LogP contribution in [-0.2, 0) is 26.2 Å². The van der Waals surface area contributed by atoms with Gasteiger partial charge in [-0.3, -0.25) is 13.9 Å². The van der Waals surface area contributed by atoms with Crippen molar-refractivity contribution in [2.45, 2.75) is 57.7 Å². The minimum absolute atomic E-state index is 0.00731. The minimum atomic E-state index is -4.00. The molecule has 190 valence electrons. The zero-order valence-corrected chi connectivity index (χ0v) is 21.5. The highest BCUT2D eigenvalue weighted by molar-refractivity contribution is 7.92. The molecule has 1 saturated carbocycles. The van der Waals surface area contributed by atoms with Crippen LogP contribution in [0.15, 0.2) is 48.5 Å². The molecule has 3 rings (SSSR count). The lowest BCUT2D eigenvalue weighted by Gasteiger charge is -2.33. The summed E-state index contributed by atoms with van der Waals surface area (Å²) in [6.07, 6.45) is 5.87. The first-order valence-electron chi connectivity index (χ1n) is 11.6. The van der Waals surface area contributed by atoms with Gasteiger partial charge in [-0.1, -0.05) is 61.2 Å². The van der Waals surface area contributed by atoms with E-state index in [1.807, 2.05) is 0 Å². The Bertz CT molecular complexity index is 1150. The third-order valence-corrected chi connectivity index (χ3v) is 7.71. The number of para-hydroxylation sites is 1. The molecule has 1 atom stereocenters. The van der Waals surface area contributed by atoms with Gasteiger partial charge in [0.05, 0.1) is 11.9 Å². The van der Waals surface area contributed by atoms with E-state index in [1.54, 1.807) is 31.2 Å². The van der Waals surface area contributed by atoms with Crippen molar-refractivity contribution in [1.82, 2.24) is 10.2 Å². The number of carbonyl (C=O) groups is 2. The van der Waals surface area contributed by atoms with Crippen molar-refractivity contribution in [3.05, 3.63) is 64.9 Å². The fourth-order valence-corrected chi connectivity index (χ4v) is 5.26. The molecule has 0 aliphatic heterocycles. The van der Waals surface area contributed by atoms with Crippen LogP contribution >= 0.6 is 11.6 Å². The Morgan fingerprint density at radius 3 is 2.34 bits per heavy atom. The number of carbonyl (C=O) groups excluding carboxylic acids is 2. The van der Waals surface area contributed by atoms with Gasteiger partial charge in [0.2, 0.25) is 21.8 Å². The second-order valence-electron chi connectivity index (χ2n) is 8.85. The molecule has 7 nitrogen and oxygen atoms in total. The lowest BCUT2D eigenvalue weighted by Crippen LogP contribution is -2.53. The summed E-state index contributed by atoms with van der Waals surface area (Å²) < 4.78 is 40.2. The predicted octanol–water partition coefficient (Wildman–Crippen LogP) is 4.11.